The Morgan fingerprint density at radius 3 is 1.05 bits per heavy atom. The summed E-state index contributed by atoms with van der Waals surface area (Å²) in [5.41, 5.74) is 3.53. The molecule has 0 spiro atoms. The van der Waals surface area contributed by atoms with Gasteiger partial charge < -0.3 is 0 Å². The van der Waals surface area contributed by atoms with Crippen molar-refractivity contribution in [1.82, 2.24) is 0 Å². The molecule has 0 N–H and O–H groups in total. The molecule has 0 aromatic heterocycles. The molecule has 0 nitrogen and oxygen atoms in total. The van der Waals surface area contributed by atoms with Crippen LogP contribution in [0.1, 0.15) is 55.4 Å². The predicted molar refractivity (Wildman–Crippen MR) is 89.6 cm³/mol. The maximum atomic E-state index is 2.44. The highest BCUT2D eigenvalue weighted by Gasteiger charge is 2.38. The molecule has 110 valence electrons. The van der Waals surface area contributed by atoms with E-state index in [0.717, 1.165) is 0 Å². The second-order valence-corrected chi connectivity index (χ2v) is 8.75. The molecular weight excluding hydrogens is 240 g/mol. The van der Waals surface area contributed by atoms with Gasteiger partial charge in [0.1, 0.15) is 0 Å². The molecule has 0 saturated heterocycles. The minimum absolute atomic E-state index is 0.183. The summed E-state index contributed by atoms with van der Waals surface area (Å²) < 4.78 is 0. The predicted octanol–water partition coefficient (Wildman–Crippen LogP) is 6.08. The average Bonchev–Trinajstić information content (AvgIpc) is 2.26. The highest BCUT2D eigenvalue weighted by molar-refractivity contribution is 5.52. The van der Waals surface area contributed by atoms with Crippen molar-refractivity contribution in [3.05, 3.63) is 47.6 Å². The molecule has 0 heterocycles. The minimum atomic E-state index is 0.183. The summed E-state index contributed by atoms with van der Waals surface area (Å²) in [6.45, 7) is 18.6. The zero-order valence-corrected chi connectivity index (χ0v) is 14.5. The van der Waals surface area contributed by atoms with Gasteiger partial charge in [-0.25, -0.2) is 0 Å². The highest BCUT2D eigenvalue weighted by atomic mass is 14.4. The van der Waals surface area contributed by atoms with Crippen LogP contribution in [-0.2, 0) is 0 Å². The monoisotopic (exact) mass is 270 g/mol. The van der Waals surface area contributed by atoms with Crippen LogP contribution in [-0.4, -0.2) is 0 Å². The van der Waals surface area contributed by atoms with E-state index < -0.39 is 0 Å². The van der Waals surface area contributed by atoms with Crippen molar-refractivity contribution < 1.29 is 0 Å². The van der Waals surface area contributed by atoms with E-state index in [2.05, 4.69) is 91.8 Å². The van der Waals surface area contributed by atoms with Gasteiger partial charge in [0.2, 0.25) is 0 Å². The average molecular weight is 270 g/mol. The third kappa shape index (κ3) is 2.34. The van der Waals surface area contributed by atoms with Gasteiger partial charge in [-0.05, 0) is 32.8 Å². The molecule has 0 aliphatic heterocycles. The lowest BCUT2D eigenvalue weighted by atomic mass is 9.61. The number of hydrogen-bond acceptors (Lipinski definition) is 0. The molecule has 0 aromatic rings. The van der Waals surface area contributed by atoms with Gasteiger partial charge in [0.05, 0.1) is 0 Å². The molecule has 0 fully saturated rings. The van der Waals surface area contributed by atoms with Crippen LogP contribution in [0.2, 0.25) is 0 Å². The topological polar surface area (TPSA) is 0 Å². The Hall–Kier alpha value is -1.04. The standard InChI is InChI=1S/C20H30/c1-17(2)11-9-15(13-19(17,5)6)16-10-12-18(3,4)20(7,8)14-16/h9-14H,1-8H3. The molecule has 2 aliphatic rings. The Bertz CT molecular complexity index is 478. The van der Waals surface area contributed by atoms with E-state index >= 15 is 0 Å². The van der Waals surface area contributed by atoms with Crippen LogP contribution < -0.4 is 0 Å². The van der Waals surface area contributed by atoms with Crippen molar-refractivity contribution in [2.45, 2.75) is 55.4 Å². The van der Waals surface area contributed by atoms with Crippen molar-refractivity contribution in [2.75, 3.05) is 0 Å². The highest BCUT2D eigenvalue weighted by Crippen LogP contribution is 2.49. The van der Waals surface area contributed by atoms with Crippen LogP contribution in [0, 0.1) is 21.7 Å². The van der Waals surface area contributed by atoms with Crippen molar-refractivity contribution in [1.29, 1.82) is 0 Å². The fourth-order valence-corrected chi connectivity index (χ4v) is 2.63. The van der Waals surface area contributed by atoms with Gasteiger partial charge >= 0.3 is 0 Å². The van der Waals surface area contributed by atoms with Crippen molar-refractivity contribution >= 4 is 0 Å². The van der Waals surface area contributed by atoms with Gasteiger partial charge in [0.25, 0.3) is 0 Å². The number of rotatable bonds is 1. The van der Waals surface area contributed by atoms with E-state index in [-0.39, 0.29) is 21.7 Å². The first-order chi connectivity index (χ1) is 8.88. The van der Waals surface area contributed by atoms with E-state index in [9.17, 15) is 0 Å². The Kier molecular flexibility index (Phi) is 3.24. The first-order valence-corrected chi connectivity index (χ1v) is 7.73. The van der Waals surface area contributed by atoms with Crippen molar-refractivity contribution in [3.63, 3.8) is 0 Å². The number of hydrogen-bond donors (Lipinski definition) is 0. The quantitative estimate of drug-likeness (QED) is 0.541. The summed E-state index contributed by atoms with van der Waals surface area (Å²) in [5, 5.41) is 0. The van der Waals surface area contributed by atoms with Crippen LogP contribution in [0.3, 0.4) is 0 Å². The normalized spacial score (nSPS) is 28.8. The first-order valence-electron chi connectivity index (χ1n) is 7.73. The molecule has 0 bridgehead atoms. The van der Waals surface area contributed by atoms with E-state index in [1.807, 2.05) is 0 Å². The zero-order valence-electron chi connectivity index (χ0n) is 14.5. The Labute approximate surface area is 125 Å². The summed E-state index contributed by atoms with van der Waals surface area (Å²) in [6, 6.07) is 0. The van der Waals surface area contributed by atoms with Crippen LogP contribution in [0.15, 0.2) is 47.6 Å². The molecule has 0 unspecified atom stereocenters. The smallest absolute Gasteiger partial charge is 0.00799 e. The van der Waals surface area contributed by atoms with E-state index in [1.54, 1.807) is 0 Å². The lowest BCUT2D eigenvalue weighted by molar-refractivity contribution is 0.224. The summed E-state index contributed by atoms with van der Waals surface area (Å²) in [5.74, 6) is 0. The fourth-order valence-electron chi connectivity index (χ4n) is 2.63. The van der Waals surface area contributed by atoms with E-state index in [4.69, 9.17) is 0 Å². The van der Waals surface area contributed by atoms with Gasteiger partial charge in [-0.15, -0.1) is 0 Å². The van der Waals surface area contributed by atoms with Gasteiger partial charge in [0, 0.05) is 0 Å². The molecule has 0 amide bonds. The molecule has 20 heavy (non-hydrogen) atoms. The molecule has 2 aliphatic carbocycles. The Morgan fingerprint density at radius 2 is 0.800 bits per heavy atom. The second kappa shape index (κ2) is 4.23. The summed E-state index contributed by atoms with van der Waals surface area (Å²) >= 11 is 0. The Balaban J connectivity index is 2.42. The first kappa shape index (κ1) is 15.4. The van der Waals surface area contributed by atoms with Crippen LogP contribution in [0.25, 0.3) is 0 Å². The Morgan fingerprint density at radius 1 is 0.500 bits per heavy atom. The van der Waals surface area contributed by atoms with E-state index in [1.165, 1.54) is 11.1 Å². The lowest BCUT2D eigenvalue weighted by Crippen LogP contribution is -2.33. The van der Waals surface area contributed by atoms with Gasteiger partial charge in [-0.1, -0.05) is 91.8 Å². The fraction of sp³-hybridized carbons (Fsp3) is 0.600. The van der Waals surface area contributed by atoms with Crippen LogP contribution in [0.4, 0.5) is 0 Å². The summed E-state index contributed by atoms with van der Waals surface area (Å²) in [4.78, 5) is 0. The minimum Gasteiger partial charge on any atom is -0.0774 e. The summed E-state index contributed by atoms with van der Waals surface area (Å²) in [7, 11) is 0. The second-order valence-electron chi connectivity index (χ2n) is 8.75. The zero-order chi connectivity index (χ0) is 15.4. The molecular formula is C20H30. The van der Waals surface area contributed by atoms with Crippen LogP contribution >= 0.6 is 0 Å². The largest absolute Gasteiger partial charge is 0.0774 e. The molecule has 0 atom stereocenters. The SMILES string of the molecule is CC1(C)C=CC(C2=CC(C)(C)C(C)(C)C=C2)=CC1(C)C. The van der Waals surface area contributed by atoms with Crippen LogP contribution in [0.5, 0.6) is 0 Å². The third-order valence-electron chi connectivity index (χ3n) is 6.05. The van der Waals surface area contributed by atoms with Crippen molar-refractivity contribution in [3.8, 4) is 0 Å². The molecule has 0 heteroatoms. The molecule has 0 aromatic carbocycles. The van der Waals surface area contributed by atoms with Gasteiger partial charge in [-0.3, -0.25) is 0 Å². The number of allylic oxidation sites excluding steroid dienone is 8. The lowest BCUT2D eigenvalue weighted by Gasteiger charge is -2.43. The van der Waals surface area contributed by atoms with Crippen molar-refractivity contribution in [2.24, 2.45) is 21.7 Å². The molecule has 0 saturated carbocycles. The van der Waals surface area contributed by atoms with Gasteiger partial charge in [0.15, 0.2) is 0 Å². The maximum absolute atomic E-state index is 2.44. The van der Waals surface area contributed by atoms with E-state index in [0.29, 0.717) is 0 Å². The summed E-state index contributed by atoms with van der Waals surface area (Å²) in [6.07, 6.45) is 14.2. The molecule has 2 rings (SSSR count). The third-order valence-corrected chi connectivity index (χ3v) is 6.05. The van der Waals surface area contributed by atoms with Gasteiger partial charge in [-0.2, -0.15) is 0 Å². The molecule has 0 radical (unpaired) electrons. The maximum Gasteiger partial charge on any atom is -0.00799 e.